The maximum atomic E-state index is 5.97. The molecule has 2 N–H and O–H groups in total. The molecule has 0 unspecified atom stereocenters. The van der Waals surface area contributed by atoms with Gasteiger partial charge in [0.05, 0.1) is 32.6 Å². The second kappa shape index (κ2) is 10.4. The number of benzene rings is 2. The van der Waals surface area contributed by atoms with E-state index in [0.717, 1.165) is 12.8 Å². The lowest BCUT2D eigenvalue weighted by atomic mass is 10.1. The van der Waals surface area contributed by atoms with Gasteiger partial charge in [0.2, 0.25) is 0 Å². The predicted octanol–water partition coefficient (Wildman–Crippen LogP) is 3.48. The highest BCUT2D eigenvalue weighted by Gasteiger charge is 2.32. The summed E-state index contributed by atoms with van der Waals surface area (Å²) >= 11 is 0. The third-order valence-corrected chi connectivity index (χ3v) is 4.71. The van der Waals surface area contributed by atoms with E-state index in [1.54, 1.807) is 0 Å². The second-order valence-electron chi connectivity index (χ2n) is 6.89. The average Bonchev–Trinajstić information content (AvgIpc) is 3.05. The molecule has 1 heterocycles. The first-order chi connectivity index (χ1) is 12.8. The minimum absolute atomic E-state index is 0.269. The van der Waals surface area contributed by atoms with Gasteiger partial charge in [0, 0.05) is 12.1 Å². The Bertz CT molecular complexity index is 567. The Balaban J connectivity index is 1.46. The molecule has 0 amide bonds. The van der Waals surface area contributed by atoms with Gasteiger partial charge in [0.15, 0.2) is 0 Å². The summed E-state index contributed by atoms with van der Waals surface area (Å²) in [6.07, 6.45) is 2.61. The van der Waals surface area contributed by atoms with E-state index in [0.29, 0.717) is 32.6 Å². The van der Waals surface area contributed by atoms with Crippen LogP contribution in [0.1, 0.15) is 30.9 Å². The molecule has 26 heavy (non-hydrogen) atoms. The van der Waals surface area contributed by atoms with Gasteiger partial charge in [0.25, 0.3) is 0 Å². The topological polar surface area (TPSA) is 42.5 Å². The number of hydrogen-bond donors (Lipinski definition) is 2. The molecule has 0 aromatic heterocycles. The summed E-state index contributed by atoms with van der Waals surface area (Å²) in [5, 5.41) is 7.32. The monoisotopic (exact) mass is 354 g/mol. The fraction of sp³-hybridized carbons (Fsp3) is 0.455. The zero-order valence-electron chi connectivity index (χ0n) is 15.6. The van der Waals surface area contributed by atoms with Crippen molar-refractivity contribution in [2.75, 3.05) is 13.2 Å². The molecule has 0 aliphatic carbocycles. The Morgan fingerprint density at radius 2 is 1.19 bits per heavy atom. The van der Waals surface area contributed by atoms with Crippen molar-refractivity contribution in [2.24, 2.45) is 0 Å². The van der Waals surface area contributed by atoms with Crippen molar-refractivity contribution in [3.63, 3.8) is 0 Å². The van der Waals surface area contributed by atoms with E-state index < -0.39 is 0 Å². The van der Waals surface area contributed by atoms with E-state index in [4.69, 9.17) is 9.47 Å². The lowest BCUT2D eigenvalue weighted by molar-refractivity contribution is 0.0661. The van der Waals surface area contributed by atoms with Crippen LogP contribution in [0, 0.1) is 0 Å². The van der Waals surface area contributed by atoms with Gasteiger partial charge in [-0.05, 0) is 17.5 Å². The molecule has 4 heteroatoms. The molecule has 0 spiro atoms. The SMILES string of the molecule is CCCC1N[C@@H](COCc2ccccc2)[C@H](COCc2ccccc2)N1. The van der Waals surface area contributed by atoms with Gasteiger partial charge in [-0.25, -0.2) is 0 Å². The minimum Gasteiger partial charge on any atom is -0.375 e. The van der Waals surface area contributed by atoms with Gasteiger partial charge in [-0.3, -0.25) is 10.6 Å². The molecule has 1 aliphatic rings. The maximum absolute atomic E-state index is 5.97. The van der Waals surface area contributed by atoms with Gasteiger partial charge < -0.3 is 9.47 Å². The van der Waals surface area contributed by atoms with E-state index in [-0.39, 0.29) is 12.1 Å². The smallest absolute Gasteiger partial charge is 0.0717 e. The fourth-order valence-corrected chi connectivity index (χ4v) is 3.34. The van der Waals surface area contributed by atoms with Gasteiger partial charge in [-0.15, -0.1) is 0 Å². The molecule has 1 fully saturated rings. The van der Waals surface area contributed by atoms with Gasteiger partial charge >= 0.3 is 0 Å². The first-order valence-corrected chi connectivity index (χ1v) is 9.60. The van der Waals surface area contributed by atoms with E-state index in [1.165, 1.54) is 11.1 Å². The third-order valence-electron chi connectivity index (χ3n) is 4.71. The van der Waals surface area contributed by atoms with E-state index in [9.17, 15) is 0 Å². The molecular formula is C22H30N2O2. The number of rotatable bonds is 10. The Labute approximate surface area is 156 Å². The van der Waals surface area contributed by atoms with Crippen LogP contribution in [-0.4, -0.2) is 31.5 Å². The lowest BCUT2D eigenvalue weighted by Crippen LogP contribution is -2.40. The van der Waals surface area contributed by atoms with Crippen LogP contribution in [0.3, 0.4) is 0 Å². The van der Waals surface area contributed by atoms with Crippen molar-refractivity contribution in [3.05, 3.63) is 71.8 Å². The van der Waals surface area contributed by atoms with Crippen molar-refractivity contribution in [1.29, 1.82) is 0 Å². The summed E-state index contributed by atoms with van der Waals surface area (Å²) in [6, 6.07) is 21.2. The molecule has 3 rings (SSSR count). The highest BCUT2D eigenvalue weighted by molar-refractivity contribution is 5.14. The van der Waals surface area contributed by atoms with Crippen molar-refractivity contribution in [2.45, 2.75) is 51.2 Å². The Morgan fingerprint density at radius 3 is 1.62 bits per heavy atom. The summed E-state index contributed by atoms with van der Waals surface area (Å²) in [5.41, 5.74) is 2.42. The molecule has 2 aromatic rings. The summed E-state index contributed by atoms with van der Waals surface area (Å²) in [7, 11) is 0. The van der Waals surface area contributed by atoms with Crippen molar-refractivity contribution in [3.8, 4) is 0 Å². The first-order valence-electron chi connectivity index (χ1n) is 9.60. The first kappa shape index (κ1) is 19.1. The molecule has 140 valence electrons. The van der Waals surface area contributed by atoms with Gasteiger partial charge in [-0.1, -0.05) is 74.0 Å². The molecule has 4 nitrogen and oxygen atoms in total. The molecule has 1 saturated heterocycles. The van der Waals surface area contributed by atoms with Crippen LogP contribution in [0.4, 0.5) is 0 Å². The standard InChI is InChI=1S/C22H30N2O2/c1-2-9-22-23-20(16-25-14-18-10-5-3-6-11-18)21(24-22)17-26-15-19-12-7-4-8-13-19/h3-8,10-13,20-24H,2,9,14-17H2,1H3/t20-,21-/m0/s1. The van der Waals surface area contributed by atoms with Crippen molar-refractivity contribution >= 4 is 0 Å². The van der Waals surface area contributed by atoms with Crippen LogP contribution in [0.2, 0.25) is 0 Å². The van der Waals surface area contributed by atoms with Crippen LogP contribution < -0.4 is 10.6 Å². The normalized spacial score (nSPS) is 20.5. The molecule has 2 aromatic carbocycles. The minimum atomic E-state index is 0.269. The fourth-order valence-electron chi connectivity index (χ4n) is 3.34. The van der Waals surface area contributed by atoms with Crippen molar-refractivity contribution < 1.29 is 9.47 Å². The highest BCUT2D eigenvalue weighted by atomic mass is 16.5. The van der Waals surface area contributed by atoms with Crippen LogP contribution in [0.5, 0.6) is 0 Å². The Kier molecular flexibility index (Phi) is 7.65. The van der Waals surface area contributed by atoms with Gasteiger partial charge in [-0.2, -0.15) is 0 Å². The second-order valence-corrected chi connectivity index (χ2v) is 6.89. The summed E-state index contributed by atoms with van der Waals surface area (Å²) in [5.74, 6) is 0. The largest absolute Gasteiger partial charge is 0.375 e. The van der Waals surface area contributed by atoms with E-state index >= 15 is 0 Å². The molecular weight excluding hydrogens is 324 g/mol. The van der Waals surface area contributed by atoms with Crippen molar-refractivity contribution in [1.82, 2.24) is 10.6 Å². The van der Waals surface area contributed by atoms with Crippen LogP contribution in [0.25, 0.3) is 0 Å². The average molecular weight is 354 g/mol. The van der Waals surface area contributed by atoms with E-state index in [2.05, 4.69) is 41.8 Å². The third kappa shape index (κ3) is 5.92. The maximum Gasteiger partial charge on any atom is 0.0717 e. The van der Waals surface area contributed by atoms with Crippen LogP contribution >= 0.6 is 0 Å². The lowest BCUT2D eigenvalue weighted by Gasteiger charge is -2.19. The Morgan fingerprint density at radius 1 is 0.731 bits per heavy atom. The molecule has 0 radical (unpaired) electrons. The Hall–Kier alpha value is -1.72. The molecule has 2 atom stereocenters. The quantitative estimate of drug-likeness (QED) is 0.686. The van der Waals surface area contributed by atoms with Gasteiger partial charge in [0.1, 0.15) is 0 Å². The molecule has 1 aliphatic heterocycles. The summed E-state index contributed by atoms with van der Waals surface area (Å²) in [4.78, 5) is 0. The number of ether oxygens (including phenoxy) is 2. The predicted molar refractivity (Wildman–Crippen MR) is 105 cm³/mol. The highest BCUT2D eigenvalue weighted by Crippen LogP contribution is 2.12. The van der Waals surface area contributed by atoms with E-state index in [1.807, 2.05) is 36.4 Å². The molecule has 0 bridgehead atoms. The summed E-state index contributed by atoms with van der Waals surface area (Å²) in [6.45, 7) is 4.87. The zero-order chi connectivity index (χ0) is 18.0. The number of nitrogens with one attached hydrogen (secondary N) is 2. The number of hydrogen-bond acceptors (Lipinski definition) is 4. The summed E-state index contributed by atoms with van der Waals surface area (Å²) < 4.78 is 11.9. The van der Waals surface area contributed by atoms with Crippen LogP contribution in [0.15, 0.2) is 60.7 Å². The molecule has 0 saturated carbocycles. The zero-order valence-corrected chi connectivity index (χ0v) is 15.6. The van der Waals surface area contributed by atoms with Crippen LogP contribution in [-0.2, 0) is 22.7 Å².